The molecule has 1 aromatic heterocycles. The minimum atomic E-state index is -0.172. The average molecular weight is 373 g/mol. The summed E-state index contributed by atoms with van der Waals surface area (Å²) >= 11 is 1.77. The fraction of sp³-hybridized carbons (Fsp3) is 0.450. The van der Waals surface area contributed by atoms with Crippen LogP contribution in [0.5, 0.6) is 0 Å². The third kappa shape index (κ3) is 4.83. The second-order valence-corrected chi connectivity index (χ2v) is 7.74. The van der Waals surface area contributed by atoms with E-state index < -0.39 is 0 Å². The fourth-order valence-corrected chi connectivity index (χ4v) is 3.71. The van der Waals surface area contributed by atoms with Crippen molar-refractivity contribution in [3.8, 4) is 0 Å². The maximum atomic E-state index is 12.8. The van der Waals surface area contributed by atoms with Crippen molar-refractivity contribution in [3.63, 3.8) is 0 Å². The summed E-state index contributed by atoms with van der Waals surface area (Å²) in [6, 6.07) is 12.0. The Labute approximate surface area is 160 Å². The molecule has 1 saturated heterocycles. The molecule has 0 saturated carbocycles. The van der Waals surface area contributed by atoms with Crippen molar-refractivity contribution in [1.82, 2.24) is 9.47 Å². The predicted molar refractivity (Wildman–Crippen MR) is 111 cm³/mol. The number of amides is 1. The van der Waals surface area contributed by atoms with Gasteiger partial charge in [-0.3, -0.25) is 4.79 Å². The molecule has 1 aromatic carbocycles. The van der Waals surface area contributed by atoms with Crippen LogP contribution in [0, 0.1) is 0 Å². The Morgan fingerprint density at radius 1 is 1.12 bits per heavy atom. The van der Waals surface area contributed by atoms with Crippen LogP contribution in [0.15, 0.2) is 48.8 Å². The fourth-order valence-electron chi connectivity index (χ4n) is 3.25. The first kappa shape index (κ1) is 18.9. The molecule has 3 rings (SSSR count). The van der Waals surface area contributed by atoms with Gasteiger partial charge in [-0.2, -0.15) is 11.8 Å². The second-order valence-electron chi connectivity index (χ2n) is 6.75. The third-order valence-electron chi connectivity index (χ3n) is 4.89. The smallest absolute Gasteiger partial charge is 0.247 e. The number of hydrogen-bond acceptors (Lipinski definition) is 4. The van der Waals surface area contributed by atoms with E-state index in [1.807, 2.05) is 41.2 Å². The van der Waals surface area contributed by atoms with Gasteiger partial charge < -0.3 is 19.7 Å². The molecule has 2 heterocycles. The molecule has 0 bridgehead atoms. The molecule has 1 atom stereocenters. The Balaban J connectivity index is 1.62. The van der Waals surface area contributed by atoms with Gasteiger partial charge in [0.15, 0.2) is 0 Å². The quantitative estimate of drug-likeness (QED) is 0.810. The highest BCUT2D eigenvalue weighted by Crippen LogP contribution is 2.22. The number of carbonyl (C=O) groups is 1. The molecule has 1 unspecified atom stereocenters. The van der Waals surface area contributed by atoms with E-state index in [4.69, 9.17) is 0 Å². The van der Waals surface area contributed by atoms with Crippen molar-refractivity contribution in [3.05, 3.63) is 48.8 Å². The van der Waals surface area contributed by atoms with Gasteiger partial charge in [0.2, 0.25) is 5.91 Å². The predicted octanol–water partition coefficient (Wildman–Crippen LogP) is 3.17. The SMILES string of the molecule is CSCCC(C(=O)Nc1ccc(N2CCN(C)CC2)cc1)n1cccc1. The lowest BCUT2D eigenvalue weighted by molar-refractivity contribution is -0.119. The summed E-state index contributed by atoms with van der Waals surface area (Å²) in [5.74, 6) is 1.00. The first-order chi connectivity index (χ1) is 12.7. The number of anilines is 2. The Bertz CT molecular complexity index is 678. The molecular formula is C20H28N4OS. The van der Waals surface area contributed by atoms with Crippen LogP contribution < -0.4 is 10.2 Å². The molecular weight excluding hydrogens is 344 g/mol. The molecule has 26 heavy (non-hydrogen) atoms. The number of rotatable bonds is 7. The topological polar surface area (TPSA) is 40.5 Å². The van der Waals surface area contributed by atoms with Crippen LogP contribution in [0.3, 0.4) is 0 Å². The molecule has 1 aliphatic heterocycles. The highest BCUT2D eigenvalue weighted by molar-refractivity contribution is 7.98. The average Bonchev–Trinajstić information content (AvgIpc) is 3.18. The van der Waals surface area contributed by atoms with E-state index in [-0.39, 0.29) is 11.9 Å². The number of thioether (sulfide) groups is 1. The highest BCUT2D eigenvalue weighted by atomic mass is 32.2. The van der Waals surface area contributed by atoms with Crippen LogP contribution in [0.1, 0.15) is 12.5 Å². The normalized spacial score (nSPS) is 16.5. The zero-order chi connectivity index (χ0) is 18.4. The monoisotopic (exact) mass is 372 g/mol. The molecule has 140 valence electrons. The van der Waals surface area contributed by atoms with Gasteiger partial charge in [-0.1, -0.05) is 0 Å². The second kappa shape index (κ2) is 9.14. The number of benzene rings is 1. The minimum absolute atomic E-state index is 0.0441. The molecule has 1 amide bonds. The van der Waals surface area contributed by atoms with E-state index in [0.717, 1.165) is 44.0 Å². The summed E-state index contributed by atoms with van der Waals surface area (Å²) in [5, 5.41) is 3.08. The molecule has 1 fully saturated rings. The number of likely N-dealkylation sites (N-methyl/N-ethyl adjacent to an activating group) is 1. The number of nitrogens with one attached hydrogen (secondary N) is 1. The van der Waals surface area contributed by atoms with Gasteiger partial charge in [0.1, 0.15) is 6.04 Å². The maximum Gasteiger partial charge on any atom is 0.247 e. The van der Waals surface area contributed by atoms with Crippen LogP contribution in [-0.2, 0) is 4.79 Å². The molecule has 5 nitrogen and oxygen atoms in total. The van der Waals surface area contributed by atoms with Gasteiger partial charge in [0.25, 0.3) is 0 Å². The van der Waals surface area contributed by atoms with Crippen LogP contribution in [0.4, 0.5) is 11.4 Å². The van der Waals surface area contributed by atoms with Crippen LogP contribution in [-0.4, -0.2) is 60.6 Å². The summed E-state index contributed by atoms with van der Waals surface area (Å²) in [6.07, 6.45) is 6.81. The van der Waals surface area contributed by atoms with Crippen molar-refractivity contribution in [2.75, 3.05) is 55.5 Å². The van der Waals surface area contributed by atoms with Gasteiger partial charge in [0.05, 0.1) is 0 Å². The van der Waals surface area contributed by atoms with Crippen molar-refractivity contribution in [1.29, 1.82) is 0 Å². The van der Waals surface area contributed by atoms with E-state index >= 15 is 0 Å². The van der Waals surface area contributed by atoms with Gasteiger partial charge in [-0.25, -0.2) is 0 Å². The van der Waals surface area contributed by atoms with E-state index in [9.17, 15) is 4.79 Å². The van der Waals surface area contributed by atoms with E-state index in [2.05, 4.69) is 40.6 Å². The maximum absolute atomic E-state index is 12.8. The Morgan fingerprint density at radius 2 is 1.77 bits per heavy atom. The van der Waals surface area contributed by atoms with Crippen molar-refractivity contribution >= 4 is 29.0 Å². The summed E-state index contributed by atoms with van der Waals surface area (Å²) in [4.78, 5) is 17.5. The van der Waals surface area contributed by atoms with Gasteiger partial charge >= 0.3 is 0 Å². The Morgan fingerprint density at radius 3 is 2.38 bits per heavy atom. The third-order valence-corrected chi connectivity index (χ3v) is 5.53. The molecule has 0 radical (unpaired) electrons. The molecule has 1 aliphatic rings. The van der Waals surface area contributed by atoms with Crippen molar-refractivity contribution < 1.29 is 4.79 Å². The van der Waals surface area contributed by atoms with Gasteiger partial charge in [-0.05, 0) is 61.9 Å². The number of nitrogens with zero attached hydrogens (tertiary/aromatic N) is 3. The summed E-state index contributed by atoms with van der Waals surface area (Å²) in [5.41, 5.74) is 2.08. The van der Waals surface area contributed by atoms with Gasteiger partial charge in [-0.15, -0.1) is 0 Å². The number of aromatic nitrogens is 1. The highest BCUT2D eigenvalue weighted by Gasteiger charge is 2.19. The molecule has 6 heteroatoms. The summed E-state index contributed by atoms with van der Waals surface area (Å²) in [6.45, 7) is 4.28. The Hall–Kier alpha value is -1.92. The molecule has 2 aromatic rings. The zero-order valence-corrected chi connectivity index (χ0v) is 16.4. The first-order valence-electron chi connectivity index (χ1n) is 9.13. The standard InChI is InChI=1S/C20H28N4OS/c1-22-12-14-23(15-13-22)18-7-5-17(6-8-18)21-20(25)19(9-16-26-2)24-10-3-4-11-24/h3-8,10-11,19H,9,12-16H2,1-2H3,(H,21,25). The van der Waals surface area contributed by atoms with E-state index in [1.54, 1.807) is 11.8 Å². The molecule has 0 aliphatic carbocycles. The minimum Gasteiger partial charge on any atom is -0.369 e. The summed E-state index contributed by atoms with van der Waals surface area (Å²) in [7, 11) is 2.16. The van der Waals surface area contributed by atoms with E-state index in [0.29, 0.717) is 0 Å². The molecule has 0 spiro atoms. The largest absolute Gasteiger partial charge is 0.369 e. The number of carbonyl (C=O) groups excluding carboxylic acids is 1. The van der Waals surface area contributed by atoms with Crippen molar-refractivity contribution in [2.24, 2.45) is 0 Å². The van der Waals surface area contributed by atoms with Crippen LogP contribution in [0.25, 0.3) is 0 Å². The lowest BCUT2D eigenvalue weighted by atomic mass is 10.2. The van der Waals surface area contributed by atoms with E-state index in [1.165, 1.54) is 5.69 Å². The van der Waals surface area contributed by atoms with Crippen LogP contribution in [0.2, 0.25) is 0 Å². The van der Waals surface area contributed by atoms with Crippen molar-refractivity contribution in [2.45, 2.75) is 12.5 Å². The lowest BCUT2D eigenvalue weighted by Gasteiger charge is -2.34. The Kier molecular flexibility index (Phi) is 6.63. The lowest BCUT2D eigenvalue weighted by Crippen LogP contribution is -2.44. The number of hydrogen-bond donors (Lipinski definition) is 1. The first-order valence-corrected chi connectivity index (χ1v) is 10.5. The zero-order valence-electron chi connectivity index (χ0n) is 15.6. The molecule has 1 N–H and O–H groups in total. The van der Waals surface area contributed by atoms with Gasteiger partial charge in [0, 0.05) is 49.9 Å². The summed E-state index contributed by atoms with van der Waals surface area (Å²) < 4.78 is 1.99. The van der Waals surface area contributed by atoms with Crippen LogP contribution >= 0.6 is 11.8 Å². The number of piperazine rings is 1.